The predicted octanol–water partition coefficient (Wildman–Crippen LogP) is 3.22. The molecule has 130 valence electrons. The number of amides is 2. The van der Waals surface area contributed by atoms with Crippen LogP contribution in [0.3, 0.4) is 0 Å². The summed E-state index contributed by atoms with van der Waals surface area (Å²) in [6.45, 7) is 1.89. The van der Waals surface area contributed by atoms with E-state index in [-0.39, 0.29) is 24.5 Å². The molecule has 0 fully saturated rings. The molecule has 7 heteroatoms. The molecule has 0 spiro atoms. The number of hydrogen-bond acceptors (Lipinski definition) is 4. The van der Waals surface area contributed by atoms with Gasteiger partial charge in [-0.1, -0.05) is 29.8 Å². The van der Waals surface area contributed by atoms with E-state index in [2.05, 4.69) is 15.8 Å². The molecule has 0 unspecified atom stereocenters. The molecule has 0 aromatic heterocycles. The van der Waals surface area contributed by atoms with Crippen LogP contribution < -0.4 is 10.7 Å². The average Bonchev–Trinajstić information content (AvgIpc) is 2.58. The number of hydrogen-bond donors (Lipinski definition) is 3. The van der Waals surface area contributed by atoms with E-state index >= 15 is 0 Å². The number of anilines is 1. The number of phenols is 1. The van der Waals surface area contributed by atoms with E-state index < -0.39 is 5.91 Å². The van der Waals surface area contributed by atoms with E-state index in [0.717, 1.165) is 11.3 Å². The van der Waals surface area contributed by atoms with Crippen molar-refractivity contribution in [1.29, 1.82) is 0 Å². The molecule has 0 radical (unpaired) electrons. The molecular formula is C18H18ClN3O3. The number of carbonyl (C=O) groups is 2. The zero-order valence-corrected chi connectivity index (χ0v) is 14.4. The summed E-state index contributed by atoms with van der Waals surface area (Å²) in [6.07, 6.45) is 1.32. The maximum absolute atomic E-state index is 11.9. The first-order chi connectivity index (χ1) is 12.0. The molecule has 2 aromatic carbocycles. The van der Waals surface area contributed by atoms with Crippen molar-refractivity contribution in [1.82, 2.24) is 5.43 Å². The van der Waals surface area contributed by atoms with Gasteiger partial charge in [0.15, 0.2) is 0 Å². The van der Waals surface area contributed by atoms with E-state index in [0.29, 0.717) is 10.6 Å². The number of aromatic hydroxyl groups is 1. The van der Waals surface area contributed by atoms with Crippen molar-refractivity contribution in [3.05, 3.63) is 58.6 Å². The minimum absolute atomic E-state index is 0.00000711. The SMILES string of the molecule is Cc1ccccc1NC(=O)CCC(=O)NN=Cc1cc(Cl)ccc1O. The van der Waals surface area contributed by atoms with Gasteiger partial charge >= 0.3 is 0 Å². The number of halogens is 1. The quantitative estimate of drug-likeness (QED) is 0.546. The Bertz CT molecular complexity index is 806. The molecule has 0 aliphatic heterocycles. The first-order valence-electron chi connectivity index (χ1n) is 7.61. The Kier molecular flexibility index (Phi) is 6.54. The molecule has 2 amide bonds. The number of para-hydroxylation sites is 1. The van der Waals surface area contributed by atoms with Crippen LogP contribution in [-0.4, -0.2) is 23.1 Å². The van der Waals surface area contributed by atoms with Gasteiger partial charge in [0.1, 0.15) is 5.75 Å². The Hall–Kier alpha value is -2.86. The highest BCUT2D eigenvalue weighted by Crippen LogP contribution is 2.19. The Labute approximate surface area is 150 Å². The van der Waals surface area contributed by atoms with Crippen LogP contribution in [0.4, 0.5) is 5.69 Å². The highest BCUT2D eigenvalue weighted by Gasteiger charge is 2.08. The van der Waals surface area contributed by atoms with Crippen LogP contribution in [0.5, 0.6) is 5.75 Å². The third-order valence-electron chi connectivity index (χ3n) is 3.38. The van der Waals surface area contributed by atoms with Gasteiger partial charge in [0.25, 0.3) is 0 Å². The first-order valence-corrected chi connectivity index (χ1v) is 7.99. The van der Waals surface area contributed by atoms with Crippen LogP contribution in [-0.2, 0) is 9.59 Å². The minimum atomic E-state index is -0.405. The second kappa shape index (κ2) is 8.84. The van der Waals surface area contributed by atoms with Gasteiger partial charge < -0.3 is 10.4 Å². The Balaban J connectivity index is 1.78. The third kappa shape index (κ3) is 5.93. The Morgan fingerprint density at radius 3 is 2.64 bits per heavy atom. The smallest absolute Gasteiger partial charge is 0.240 e. The van der Waals surface area contributed by atoms with Gasteiger partial charge in [0.05, 0.1) is 6.21 Å². The van der Waals surface area contributed by atoms with Crippen LogP contribution in [0.25, 0.3) is 0 Å². The standard InChI is InChI=1S/C18H18ClN3O3/c1-12-4-2-3-5-15(12)21-17(24)8-9-18(25)22-20-11-13-10-14(19)6-7-16(13)23/h2-7,10-11,23H,8-9H2,1H3,(H,21,24)(H,22,25). The summed E-state index contributed by atoms with van der Waals surface area (Å²) in [6, 6.07) is 11.9. The molecule has 6 nitrogen and oxygen atoms in total. The summed E-state index contributed by atoms with van der Waals surface area (Å²) < 4.78 is 0. The van der Waals surface area contributed by atoms with Crippen molar-refractivity contribution in [3.8, 4) is 5.75 Å². The number of aryl methyl sites for hydroxylation is 1. The monoisotopic (exact) mass is 359 g/mol. The molecule has 2 aromatic rings. The molecule has 0 saturated heterocycles. The van der Waals surface area contributed by atoms with E-state index in [1.807, 2.05) is 25.1 Å². The van der Waals surface area contributed by atoms with E-state index in [4.69, 9.17) is 11.6 Å². The van der Waals surface area contributed by atoms with Crippen molar-refractivity contribution >= 4 is 35.3 Å². The predicted molar refractivity (Wildman–Crippen MR) is 97.9 cm³/mol. The number of phenolic OH excluding ortho intramolecular Hbond substituents is 1. The van der Waals surface area contributed by atoms with Gasteiger partial charge in [-0.3, -0.25) is 9.59 Å². The Morgan fingerprint density at radius 2 is 1.88 bits per heavy atom. The number of nitrogens with one attached hydrogen (secondary N) is 2. The van der Waals surface area contributed by atoms with Gasteiger partial charge in [-0.05, 0) is 36.8 Å². The van der Waals surface area contributed by atoms with Crippen LogP contribution in [0, 0.1) is 6.92 Å². The lowest BCUT2D eigenvalue weighted by atomic mass is 10.2. The number of carbonyl (C=O) groups excluding carboxylic acids is 2. The fourth-order valence-corrected chi connectivity index (χ4v) is 2.19. The summed E-state index contributed by atoms with van der Waals surface area (Å²) in [5.74, 6) is -0.654. The van der Waals surface area contributed by atoms with Gasteiger partial charge in [0.2, 0.25) is 11.8 Å². The van der Waals surface area contributed by atoms with E-state index in [1.54, 1.807) is 12.1 Å². The molecule has 25 heavy (non-hydrogen) atoms. The highest BCUT2D eigenvalue weighted by molar-refractivity contribution is 6.30. The summed E-state index contributed by atoms with van der Waals surface area (Å²) in [7, 11) is 0. The molecule has 0 atom stereocenters. The molecule has 0 heterocycles. The van der Waals surface area contributed by atoms with Crippen molar-refractivity contribution < 1.29 is 14.7 Å². The fraction of sp³-hybridized carbons (Fsp3) is 0.167. The molecule has 2 rings (SSSR count). The first kappa shape index (κ1) is 18.5. The van der Waals surface area contributed by atoms with Gasteiger partial charge in [-0.15, -0.1) is 0 Å². The number of hydrazone groups is 1. The van der Waals surface area contributed by atoms with Crippen LogP contribution in [0.15, 0.2) is 47.6 Å². The van der Waals surface area contributed by atoms with Gasteiger partial charge in [-0.25, -0.2) is 5.43 Å². The van der Waals surface area contributed by atoms with Crippen LogP contribution in [0.2, 0.25) is 5.02 Å². The summed E-state index contributed by atoms with van der Waals surface area (Å²) in [5.41, 5.74) is 4.36. The van der Waals surface area contributed by atoms with Crippen molar-refractivity contribution in [3.63, 3.8) is 0 Å². The number of nitrogens with zero attached hydrogens (tertiary/aromatic N) is 1. The molecular weight excluding hydrogens is 342 g/mol. The fourth-order valence-electron chi connectivity index (χ4n) is 2.01. The van der Waals surface area contributed by atoms with Crippen LogP contribution in [0.1, 0.15) is 24.0 Å². The summed E-state index contributed by atoms with van der Waals surface area (Å²) in [4.78, 5) is 23.6. The van der Waals surface area contributed by atoms with Crippen molar-refractivity contribution in [2.24, 2.45) is 5.10 Å². The number of benzene rings is 2. The zero-order chi connectivity index (χ0) is 18.2. The lowest BCUT2D eigenvalue weighted by Gasteiger charge is -2.07. The summed E-state index contributed by atoms with van der Waals surface area (Å²) in [5, 5.41) is 16.6. The molecule has 0 aliphatic carbocycles. The maximum Gasteiger partial charge on any atom is 0.240 e. The second-order valence-electron chi connectivity index (χ2n) is 5.36. The topological polar surface area (TPSA) is 90.8 Å². The minimum Gasteiger partial charge on any atom is -0.507 e. The number of rotatable bonds is 6. The highest BCUT2D eigenvalue weighted by atomic mass is 35.5. The third-order valence-corrected chi connectivity index (χ3v) is 3.62. The van der Waals surface area contributed by atoms with Gasteiger partial charge in [0, 0.05) is 29.1 Å². The largest absolute Gasteiger partial charge is 0.507 e. The maximum atomic E-state index is 11.9. The van der Waals surface area contributed by atoms with Gasteiger partial charge in [-0.2, -0.15) is 5.10 Å². The second-order valence-corrected chi connectivity index (χ2v) is 5.80. The lowest BCUT2D eigenvalue weighted by Crippen LogP contribution is -2.20. The average molecular weight is 360 g/mol. The summed E-state index contributed by atoms with van der Waals surface area (Å²) >= 11 is 5.82. The van der Waals surface area contributed by atoms with E-state index in [9.17, 15) is 14.7 Å². The van der Waals surface area contributed by atoms with Crippen molar-refractivity contribution in [2.45, 2.75) is 19.8 Å². The molecule has 0 saturated carbocycles. The van der Waals surface area contributed by atoms with E-state index in [1.165, 1.54) is 18.3 Å². The zero-order valence-electron chi connectivity index (χ0n) is 13.6. The van der Waals surface area contributed by atoms with Crippen molar-refractivity contribution in [2.75, 3.05) is 5.32 Å². The molecule has 0 bridgehead atoms. The molecule has 3 N–H and O–H groups in total. The van der Waals surface area contributed by atoms with Crippen LogP contribution >= 0.6 is 11.6 Å². The normalized spacial score (nSPS) is 10.6. The molecule has 0 aliphatic rings. The lowest BCUT2D eigenvalue weighted by molar-refractivity contribution is -0.124. The Morgan fingerprint density at radius 1 is 1.16 bits per heavy atom.